The van der Waals surface area contributed by atoms with Crippen molar-refractivity contribution in [2.45, 2.75) is 39.3 Å². The molecule has 1 aromatic rings. The molecule has 0 saturated carbocycles. The van der Waals surface area contributed by atoms with E-state index >= 15 is 0 Å². The van der Waals surface area contributed by atoms with Gasteiger partial charge in [-0.1, -0.05) is 25.4 Å². The van der Waals surface area contributed by atoms with Crippen LogP contribution in [0, 0.1) is 5.82 Å². The molecule has 0 saturated heterocycles. The molecule has 0 radical (unpaired) electrons. The molecule has 1 aromatic carbocycles. The number of nitrogens with one attached hydrogen (secondary N) is 1. The van der Waals surface area contributed by atoms with Crippen molar-refractivity contribution in [1.82, 2.24) is 5.32 Å². The second-order valence-electron chi connectivity index (χ2n) is 4.16. The zero-order chi connectivity index (χ0) is 11.4. The highest BCUT2D eigenvalue weighted by Crippen LogP contribution is 2.16. The normalized spacial score (nSPS) is 13.2. The molecule has 0 heterocycles. The molecule has 1 rings (SSSR count). The van der Waals surface area contributed by atoms with Crippen LogP contribution in [0.25, 0.3) is 0 Å². The maximum atomic E-state index is 13.4. The van der Waals surface area contributed by atoms with E-state index in [1.807, 2.05) is 6.92 Å². The molecule has 0 bridgehead atoms. The van der Waals surface area contributed by atoms with Crippen LogP contribution in [0.3, 0.4) is 0 Å². The maximum absolute atomic E-state index is 13.4. The van der Waals surface area contributed by atoms with E-state index in [0.717, 1.165) is 0 Å². The first kappa shape index (κ1) is 12.5. The van der Waals surface area contributed by atoms with Crippen molar-refractivity contribution < 1.29 is 4.39 Å². The molecule has 1 N–H and O–H groups in total. The summed E-state index contributed by atoms with van der Waals surface area (Å²) in [4.78, 5) is 0. The van der Waals surface area contributed by atoms with E-state index < -0.39 is 0 Å². The minimum absolute atomic E-state index is 0.184. The molecule has 0 amide bonds. The van der Waals surface area contributed by atoms with Crippen molar-refractivity contribution >= 4 is 11.6 Å². The standard InChI is InChI=1S/C12H17ClFN/c1-8(2)15-9(3)6-10-7-11(13)4-5-12(10)14/h4-5,7-9,15H,6H2,1-3H3. The molecular weight excluding hydrogens is 213 g/mol. The summed E-state index contributed by atoms with van der Waals surface area (Å²) in [5.41, 5.74) is 0.670. The molecule has 3 heteroatoms. The topological polar surface area (TPSA) is 12.0 Å². The average molecular weight is 230 g/mol. The molecule has 15 heavy (non-hydrogen) atoms. The third kappa shape index (κ3) is 4.18. The lowest BCUT2D eigenvalue weighted by Crippen LogP contribution is -2.34. The van der Waals surface area contributed by atoms with Crippen LogP contribution < -0.4 is 5.32 Å². The monoisotopic (exact) mass is 229 g/mol. The molecule has 0 aromatic heterocycles. The molecule has 1 atom stereocenters. The first-order chi connectivity index (χ1) is 6.99. The molecule has 1 unspecified atom stereocenters. The Morgan fingerprint density at radius 2 is 2.00 bits per heavy atom. The lowest BCUT2D eigenvalue weighted by molar-refractivity contribution is 0.479. The van der Waals surface area contributed by atoms with Crippen molar-refractivity contribution in [1.29, 1.82) is 0 Å². The fourth-order valence-corrected chi connectivity index (χ4v) is 1.85. The zero-order valence-electron chi connectivity index (χ0n) is 9.35. The minimum Gasteiger partial charge on any atom is -0.312 e. The SMILES string of the molecule is CC(C)NC(C)Cc1cc(Cl)ccc1F. The molecule has 0 aliphatic rings. The van der Waals surface area contributed by atoms with Gasteiger partial charge in [0.1, 0.15) is 5.82 Å². The van der Waals surface area contributed by atoms with Crippen LogP contribution >= 0.6 is 11.6 Å². The molecule has 0 aliphatic heterocycles. The lowest BCUT2D eigenvalue weighted by Gasteiger charge is -2.17. The highest BCUT2D eigenvalue weighted by Gasteiger charge is 2.09. The quantitative estimate of drug-likeness (QED) is 0.835. The Balaban J connectivity index is 2.67. The van der Waals surface area contributed by atoms with Crippen LogP contribution in [-0.2, 0) is 6.42 Å². The van der Waals surface area contributed by atoms with Gasteiger partial charge in [0.05, 0.1) is 0 Å². The Kier molecular flexibility index (Phi) is 4.55. The fourth-order valence-electron chi connectivity index (χ4n) is 1.66. The van der Waals surface area contributed by atoms with Gasteiger partial charge in [0.25, 0.3) is 0 Å². The van der Waals surface area contributed by atoms with Gasteiger partial charge in [0.15, 0.2) is 0 Å². The summed E-state index contributed by atoms with van der Waals surface area (Å²) in [6, 6.07) is 5.33. The van der Waals surface area contributed by atoms with Crippen LogP contribution in [0.15, 0.2) is 18.2 Å². The van der Waals surface area contributed by atoms with Crippen LogP contribution in [-0.4, -0.2) is 12.1 Å². The highest BCUT2D eigenvalue weighted by molar-refractivity contribution is 6.30. The van der Waals surface area contributed by atoms with Gasteiger partial charge in [0.2, 0.25) is 0 Å². The second kappa shape index (κ2) is 5.47. The summed E-state index contributed by atoms with van der Waals surface area (Å²) in [6.07, 6.45) is 0.657. The van der Waals surface area contributed by atoms with Gasteiger partial charge < -0.3 is 5.32 Å². The van der Waals surface area contributed by atoms with E-state index in [0.29, 0.717) is 23.0 Å². The number of hydrogen-bond donors (Lipinski definition) is 1. The van der Waals surface area contributed by atoms with E-state index in [9.17, 15) is 4.39 Å². The van der Waals surface area contributed by atoms with E-state index in [-0.39, 0.29) is 11.9 Å². The summed E-state index contributed by atoms with van der Waals surface area (Å²) in [5, 5.41) is 3.91. The van der Waals surface area contributed by atoms with Gasteiger partial charge in [-0.3, -0.25) is 0 Å². The predicted octanol–water partition coefficient (Wildman–Crippen LogP) is 3.41. The van der Waals surface area contributed by atoms with Gasteiger partial charge in [-0.05, 0) is 37.1 Å². The Morgan fingerprint density at radius 3 is 2.60 bits per heavy atom. The van der Waals surface area contributed by atoms with E-state index in [1.165, 1.54) is 6.07 Å². The molecule has 84 valence electrons. The molecular formula is C12H17ClFN. The van der Waals surface area contributed by atoms with Crippen LogP contribution in [0.2, 0.25) is 5.02 Å². The van der Waals surface area contributed by atoms with Crippen molar-refractivity contribution in [3.05, 3.63) is 34.6 Å². The van der Waals surface area contributed by atoms with Gasteiger partial charge in [-0.25, -0.2) is 4.39 Å². The first-order valence-electron chi connectivity index (χ1n) is 5.19. The van der Waals surface area contributed by atoms with Crippen LogP contribution in [0.5, 0.6) is 0 Å². The number of halogens is 2. The molecule has 1 nitrogen and oxygen atoms in total. The van der Waals surface area contributed by atoms with Crippen molar-refractivity contribution in [3.63, 3.8) is 0 Å². The van der Waals surface area contributed by atoms with Gasteiger partial charge in [0, 0.05) is 17.1 Å². The average Bonchev–Trinajstić information content (AvgIpc) is 2.10. The second-order valence-corrected chi connectivity index (χ2v) is 4.60. The maximum Gasteiger partial charge on any atom is 0.126 e. The highest BCUT2D eigenvalue weighted by atomic mass is 35.5. The Bertz CT molecular complexity index is 325. The number of rotatable bonds is 4. The third-order valence-electron chi connectivity index (χ3n) is 2.15. The minimum atomic E-state index is -0.184. The molecule has 0 spiro atoms. The van der Waals surface area contributed by atoms with Gasteiger partial charge in [-0.15, -0.1) is 0 Å². The zero-order valence-corrected chi connectivity index (χ0v) is 10.1. The van der Waals surface area contributed by atoms with E-state index in [1.54, 1.807) is 12.1 Å². The predicted molar refractivity (Wildman–Crippen MR) is 62.8 cm³/mol. The Hall–Kier alpha value is -0.600. The van der Waals surface area contributed by atoms with Crippen LogP contribution in [0.4, 0.5) is 4.39 Å². The largest absolute Gasteiger partial charge is 0.312 e. The third-order valence-corrected chi connectivity index (χ3v) is 2.39. The van der Waals surface area contributed by atoms with Crippen molar-refractivity contribution in [2.75, 3.05) is 0 Å². The summed E-state index contributed by atoms with van der Waals surface area (Å²) >= 11 is 5.82. The summed E-state index contributed by atoms with van der Waals surface area (Å²) in [6.45, 7) is 6.19. The van der Waals surface area contributed by atoms with Crippen LogP contribution in [0.1, 0.15) is 26.3 Å². The number of hydrogen-bond acceptors (Lipinski definition) is 1. The summed E-state index contributed by atoms with van der Waals surface area (Å²) in [7, 11) is 0. The fraction of sp³-hybridized carbons (Fsp3) is 0.500. The first-order valence-corrected chi connectivity index (χ1v) is 5.57. The Morgan fingerprint density at radius 1 is 1.33 bits per heavy atom. The molecule has 0 aliphatic carbocycles. The van der Waals surface area contributed by atoms with Gasteiger partial charge in [-0.2, -0.15) is 0 Å². The van der Waals surface area contributed by atoms with Crippen molar-refractivity contribution in [2.24, 2.45) is 0 Å². The summed E-state index contributed by atoms with van der Waals surface area (Å²) < 4.78 is 13.4. The number of benzene rings is 1. The van der Waals surface area contributed by atoms with Crippen molar-refractivity contribution in [3.8, 4) is 0 Å². The van der Waals surface area contributed by atoms with Gasteiger partial charge >= 0.3 is 0 Å². The summed E-state index contributed by atoms with van der Waals surface area (Å²) in [5.74, 6) is -0.184. The Labute approximate surface area is 95.6 Å². The smallest absolute Gasteiger partial charge is 0.126 e. The van der Waals surface area contributed by atoms with E-state index in [4.69, 9.17) is 11.6 Å². The van der Waals surface area contributed by atoms with E-state index in [2.05, 4.69) is 19.2 Å². The lowest BCUT2D eigenvalue weighted by atomic mass is 10.1. The molecule has 0 fully saturated rings.